The number of carboxylic acid groups (broad SMARTS) is 1. The van der Waals surface area contributed by atoms with Crippen molar-refractivity contribution in [3.63, 3.8) is 0 Å². The third-order valence-corrected chi connectivity index (χ3v) is 4.37. The summed E-state index contributed by atoms with van der Waals surface area (Å²) >= 11 is 0. The summed E-state index contributed by atoms with van der Waals surface area (Å²) in [5.41, 5.74) is 0.630. The van der Waals surface area contributed by atoms with Crippen LogP contribution < -0.4 is 5.32 Å². The minimum absolute atomic E-state index is 0.470. The van der Waals surface area contributed by atoms with E-state index >= 15 is 0 Å². The molecule has 0 radical (unpaired) electrons. The molecule has 0 aromatic heterocycles. The Kier molecular flexibility index (Phi) is 4.81. The maximum Gasteiger partial charge on any atom is 0.323 e. The molecule has 0 aliphatic heterocycles. The van der Waals surface area contributed by atoms with Crippen molar-refractivity contribution in [3.05, 3.63) is 35.9 Å². The van der Waals surface area contributed by atoms with Gasteiger partial charge in [0, 0.05) is 0 Å². The Hall–Kier alpha value is -1.35. The number of rotatable bonds is 5. The zero-order chi connectivity index (χ0) is 14.6. The molecule has 3 heteroatoms. The summed E-state index contributed by atoms with van der Waals surface area (Å²) < 4.78 is 0. The van der Waals surface area contributed by atoms with Gasteiger partial charge in [-0.05, 0) is 49.6 Å². The molecule has 1 saturated carbocycles. The molecule has 20 heavy (non-hydrogen) atoms. The highest BCUT2D eigenvalue weighted by atomic mass is 16.4. The first kappa shape index (κ1) is 15.0. The van der Waals surface area contributed by atoms with Gasteiger partial charge in [-0.15, -0.1) is 0 Å². The summed E-state index contributed by atoms with van der Waals surface area (Å²) in [6.45, 7) is 4.98. The van der Waals surface area contributed by atoms with E-state index in [0.29, 0.717) is 24.7 Å². The van der Waals surface area contributed by atoms with Gasteiger partial charge in [-0.3, -0.25) is 4.79 Å². The standard InChI is InChI=1S/C17H25NO2/c1-13(2)12-18-17(16(19)20)10-8-15(9-11-17)14-6-4-3-5-7-14/h3-7,13,15,18H,8-12H2,1-2H3,(H,19,20). The molecule has 0 saturated heterocycles. The number of aliphatic carboxylic acids is 1. The van der Waals surface area contributed by atoms with Crippen LogP contribution in [0.5, 0.6) is 0 Å². The van der Waals surface area contributed by atoms with E-state index in [0.717, 1.165) is 19.4 Å². The lowest BCUT2D eigenvalue weighted by atomic mass is 9.74. The monoisotopic (exact) mass is 275 g/mol. The zero-order valence-corrected chi connectivity index (χ0v) is 12.4. The fourth-order valence-corrected chi connectivity index (χ4v) is 3.03. The maximum absolute atomic E-state index is 11.7. The minimum Gasteiger partial charge on any atom is -0.480 e. The predicted molar refractivity (Wildman–Crippen MR) is 80.9 cm³/mol. The number of hydrogen-bond acceptors (Lipinski definition) is 2. The lowest BCUT2D eigenvalue weighted by molar-refractivity contribution is -0.146. The summed E-state index contributed by atoms with van der Waals surface area (Å²) in [5.74, 6) is 0.284. The van der Waals surface area contributed by atoms with E-state index in [1.165, 1.54) is 5.56 Å². The molecule has 2 N–H and O–H groups in total. The Balaban J connectivity index is 2.01. The summed E-state index contributed by atoms with van der Waals surface area (Å²) in [4.78, 5) is 11.7. The second-order valence-electron chi connectivity index (χ2n) is 6.35. The molecule has 0 spiro atoms. The van der Waals surface area contributed by atoms with Crippen molar-refractivity contribution in [2.24, 2.45) is 5.92 Å². The van der Waals surface area contributed by atoms with Crippen LogP contribution in [-0.2, 0) is 4.79 Å². The molecular weight excluding hydrogens is 250 g/mol. The maximum atomic E-state index is 11.7. The molecular formula is C17H25NO2. The molecule has 1 aromatic carbocycles. The predicted octanol–water partition coefficient (Wildman–Crippen LogP) is 3.41. The molecule has 110 valence electrons. The summed E-state index contributed by atoms with van der Waals surface area (Å²) in [7, 11) is 0. The Bertz CT molecular complexity index is 434. The zero-order valence-electron chi connectivity index (χ0n) is 12.4. The smallest absolute Gasteiger partial charge is 0.323 e. The van der Waals surface area contributed by atoms with Crippen molar-refractivity contribution in [2.75, 3.05) is 6.54 Å². The number of benzene rings is 1. The highest BCUT2D eigenvalue weighted by Gasteiger charge is 2.41. The summed E-state index contributed by atoms with van der Waals surface area (Å²) in [6.07, 6.45) is 3.33. The van der Waals surface area contributed by atoms with Gasteiger partial charge >= 0.3 is 5.97 Å². The first-order chi connectivity index (χ1) is 9.53. The van der Waals surface area contributed by atoms with Gasteiger partial charge in [0.25, 0.3) is 0 Å². The van der Waals surface area contributed by atoms with E-state index < -0.39 is 11.5 Å². The average molecular weight is 275 g/mol. The van der Waals surface area contributed by atoms with Gasteiger partial charge in [-0.2, -0.15) is 0 Å². The van der Waals surface area contributed by atoms with Crippen LogP contribution >= 0.6 is 0 Å². The minimum atomic E-state index is -0.713. The van der Waals surface area contributed by atoms with Crippen LogP contribution in [0.4, 0.5) is 0 Å². The molecule has 1 aliphatic rings. The Morgan fingerprint density at radius 1 is 1.30 bits per heavy atom. The van der Waals surface area contributed by atoms with Crippen LogP contribution in [0, 0.1) is 5.92 Å². The molecule has 0 amide bonds. The highest BCUT2D eigenvalue weighted by Crippen LogP contribution is 2.38. The quantitative estimate of drug-likeness (QED) is 0.865. The van der Waals surface area contributed by atoms with Crippen molar-refractivity contribution < 1.29 is 9.90 Å². The molecule has 2 rings (SSSR count). The van der Waals surface area contributed by atoms with Crippen LogP contribution in [0.25, 0.3) is 0 Å². The Morgan fingerprint density at radius 3 is 2.40 bits per heavy atom. The Morgan fingerprint density at radius 2 is 1.90 bits per heavy atom. The van der Waals surface area contributed by atoms with Gasteiger partial charge in [0.05, 0.1) is 0 Å². The van der Waals surface area contributed by atoms with Gasteiger partial charge in [-0.25, -0.2) is 0 Å². The second kappa shape index (κ2) is 6.40. The second-order valence-corrected chi connectivity index (χ2v) is 6.35. The fourth-order valence-electron chi connectivity index (χ4n) is 3.03. The number of carbonyl (C=O) groups is 1. The first-order valence-corrected chi connectivity index (χ1v) is 7.57. The van der Waals surface area contributed by atoms with Gasteiger partial charge in [0.2, 0.25) is 0 Å². The highest BCUT2D eigenvalue weighted by molar-refractivity contribution is 5.79. The van der Waals surface area contributed by atoms with Crippen LogP contribution in [0.2, 0.25) is 0 Å². The molecule has 0 heterocycles. The normalized spacial score (nSPS) is 26.6. The van der Waals surface area contributed by atoms with Crippen molar-refractivity contribution in [1.82, 2.24) is 5.32 Å². The third-order valence-electron chi connectivity index (χ3n) is 4.37. The van der Waals surface area contributed by atoms with E-state index in [1.807, 2.05) is 6.07 Å². The van der Waals surface area contributed by atoms with Crippen molar-refractivity contribution >= 4 is 5.97 Å². The van der Waals surface area contributed by atoms with Gasteiger partial charge < -0.3 is 10.4 Å². The molecule has 0 unspecified atom stereocenters. The number of nitrogens with one attached hydrogen (secondary N) is 1. The van der Waals surface area contributed by atoms with E-state index in [-0.39, 0.29) is 0 Å². The van der Waals surface area contributed by atoms with Crippen molar-refractivity contribution in [2.45, 2.75) is 51.0 Å². The van der Waals surface area contributed by atoms with Gasteiger partial charge in [0.1, 0.15) is 5.54 Å². The molecule has 0 bridgehead atoms. The SMILES string of the molecule is CC(C)CNC1(C(=O)O)CCC(c2ccccc2)CC1. The third kappa shape index (κ3) is 3.40. The number of hydrogen-bond donors (Lipinski definition) is 2. The summed E-state index contributed by atoms with van der Waals surface area (Å²) in [6, 6.07) is 10.5. The average Bonchev–Trinajstić information content (AvgIpc) is 2.46. The van der Waals surface area contributed by atoms with E-state index in [4.69, 9.17) is 0 Å². The topological polar surface area (TPSA) is 49.3 Å². The van der Waals surface area contributed by atoms with E-state index in [9.17, 15) is 9.90 Å². The molecule has 3 nitrogen and oxygen atoms in total. The lowest BCUT2D eigenvalue weighted by Crippen LogP contribution is -2.54. The molecule has 0 atom stereocenters. The van der Waals surface area contributed by atoms with Crippen molar-refractivity contribution in [1.29, 1.82) is 0 Å². The van der Waals surface area contributed by atoms with Crippen LogP contribution in [0.1, 0.15) is 51.0 Å². The van der Waals surface area contributed by atoms with Gasteiger partial charge in [-0.1, -0.05) is 44.2 Å². The van der Waals surface area contributed by atoms with Crippen molar-refractivity contribution in [3.8, 4) is 0 Å². The molecule has 1 aliphatic carbocycles. The number of carboxylic acids is 1. The van der Waals surface area contributed by atoms with Crippen LogP contribution in [0.3, 0.4) is 0 Å². The Labute approximate surface area is 121 Å². The van der Waals surface area contributed by atoms with Crippen LogP contribution in [-0.4, -0.2) is 23.2 Å². The first-order valence-electron chi connectivity index (χ1n) is 7.57. The lowest BCUT2D eigenvalue weighted by Gasteiger charge is -2.38. The molecule has 1 fully saturated rings. The summed E-state index contributed by atoms with van der Waals surface area (Å²) in [5, 5.41) is 12.9. The molecule has 1 aromatic rings. The van der Waals surface area contributed by atoms with Gasteiger partial charge in [0.15, 0.2) is 0 Å². The van der Waals surface area contributed by atoms with E-state index in [1.54, 1.807) is 0 Å². The van der Waals surface area contributed by atoms with E-state index in [2.05, 4.69) is 43.4 Å². The largest absolute Gasteiger partial charge is 0.480 e. The van der Waals surface area contributed by atoms with Crippen LogP contribution in [0.15, 0.2) is 30.3 Å². The fraction of sp³-hybridized carbons (Fsp3) is 0.588.